The Morgan fingerprint density at radius 2 is 1.58 bits per heavy atom. The maximum atomic E-state index is 13.4. The van der Waals surface area contributed by atoms with E-state index in [0.717, 1.165) is 6.42 Å². The van der Waals surface area contributed by atoms with Gasteiger partial charge in [0, 0.05) is 24.7 Å². The van der Waals surface area contributed by atoms with Crippen molar-refractivity contribution in [2.45, 2.75) is 19.8 Å². The van der Waals surface area contributed by atoms with Crippen LogP contribution in [0, 0.1) is 41.4 Å². The first-order chi connectivity index (χ1) is 18.4. The molecule has 2 saturated heterocycles. The average Bonchev–Trinajstić information content (AvgIpc) is 3.60. The summed E-state index contributed by atoms with van der Waals surface area (Å²) in [6.07, 6.45) is 5.45. The van der Waals surface area contributed by atoms with E-state index in [9.17, 15) is 19.2 Å². The van der Waals surface area contributed by atoms with Gasteiger partial charge < -0.3 is 14.4 Å². The second-order valence-electron chi connectivity index (χ2n) is 10.9. The van der Waals surface area contributed by atoms with Gasteiger partial charge in [0.1, 0.15) is 11.5 Å². The quantitative estimate of drug-likeness (QED) is 0.254. The Balaban J connectivity index is 1.05. The third-order valence-corrected chi connectivity index (χ3v) is 8.87. The van der Waals surface area contributed by atoms with Crippen molar-refractivity contribution in [3.63, 3.8) is 0 Å². The summed E-state index contributed by atoms with van der Waals surface area (Å²) in [5.74, 6) is 0.166. The second-order valence-corrected chi connectivity index (χ2v) is 10.9. The summed E-state index contributed by atoms with van der Waals surface area (Å²) in [6, 6.07) is 13.8. The summed E-state index contributed by atoms with van der Waals surface area (Å²) in [5, 5.41) is 0. The molecule has 194 valence electrons. The first kappa shape index (κ1) is 23.2. The molecule has 2 heterocycles. The predicted molar refractivity (Wildman–Crippen MR) is 137 cm³/mol. The third-order valence-electron chi connectivity index (χ3n) is 8.87. The number of hydrogen-bond acceptors (Lipinski definition) is 6. The largest absolute Gasteiger partial charge is 0.494 e. The van der Waals surface area contributed by atoms with Crippen LogP contribution in [0.25, 0.3) is 0 Å². The Kier molecular flexibility index (Phi) is 5.22. The average molecular weight is 513 g/mol. The van der Waals surface area contributed by atoms with E-state index >= 15 is 0 Å². The van der Waals surface area contributed by atoms with Gasteiger partial charge in [-0.05, 0) is 73.4 Å². The van der Waals surface area contributed by atoms with E-state index < -0.39 is 11.9 Å². The van der Waals surface area contributed by atoms with Gasteiger partial charge in [-0.1, -0.05) is 18.2 Å². The Bertz CT molecular complexity index is 1350. The summed E-state index contributed by atoms with van der Waals surface area (Å²) in [4.78, 5) is 55.4. The molecule has 4 fully saturated rings. The molecule has 0 N–H and O–H groups in total. The first-order valence-electron chi connectivity index (χ1n) is 13.4. The number of amides is 3. The molecule has 2 aromatic carbocycles. The second kappa shape index (κ2) is 8.55. The van der Waals surface area contributed by atoms with Gasteiger partial charge in [0.2, 0.25) is 17.7 Å². The highest BCUT2D eigenvalue weighted by molar-refractivity contribution is 6.22. The molecule has 8 rings (SSSR count). The molecule has 38 heavy (non-hydrogen) atoms. The molecule has 8 nitrogen and oxygen atoms in total. The lowest BCUT2D eigenvalue weighted by molar-refractivity contribution is -0.139. The van der Waals surface area contributed by atoms with Crippen molar-refractivity contribution in [1.82, 2.24) is 0 Å². The maximum absolute atomic E-state index is 13.4. The molecule has 4 aliphatic carbocycles. The Hall–Kier alpha value is -3.94. The van der Waals surface area contributed by atoms with Gasteiger partial charge in [0.15, 0.2) is 0 Å². The van der Waals surface area contributed by atoms with Crippen molar-refractivity contribution in [3.8, 4) is 11.5 Å². The van der Waals surface area contributed by atoms with Crippen molar-refractivity contribution in [1.29, 1.82) is 0 Å². The zero-order valence-corrected chi connectivity index (χ0v) is 21.0. The molecule has 2 aromatic rings. The summed E-state index contributed by atoms with van der Waals surface area (Å²) >= 11 is 0. The number of rotatable bonds is 6. The Morgan fingerprint density at radius 1 is 0.895 bits per heavy atom. The number of hydrogen-bond donors (Lipinski definition) is 0. The normalized spacial score (nSPS) is 32.4. The standard InChI is InChI=1S/C30H28N2O6/c1-2-37-19-8-6-17(7-9-19)31-15-16(12-25(31)33)30(36)38-20-5-3-4-18(13-20)32-28(34)26-21-10-11-22(24-14-23(21)24)27(26)29(32)35/h3-11,13,16,21-24,26-27H,2,12,14-15H2,1H3/t16-,21+,22+,23-,24+,26-,27-/m0/s1. The smallest absolute Gasteiger partial charge is 0.316 e. The van der Waals surface area contributed by atoms with Gasteiger partial charge in [0.25, 0.3) is 0 Å². The van der Waals surface area contributed by atoms with Crippen molar-refractivity contribution in [3.05, 3.63) is 60.7 Å². The van der Waals surface area contributed by atoms with Crippen LogP contribution in [0.4, 0.5) is 11.4 Å². The fourth-order valence-corrected chi connectivity index (χ4v) is 7.10. The molecule has 0 spiro atoms. The highest BCUT2D eigenvalue weighted by Crippen LogP contribution is 2.65. The number of carbonyl (C=O) groups is 4. The van der Waals surface area contributed by atoms with Crippen molar-refractivity contribution in [2.75, 3.05) is 23.0 Å². The van der Waals surface area contributed by atoms with E-state index in [1.807, 2.05) is 6.92 Å². The fraction of sp³-hybridized carbons (Fsp3) is 0.400. The number of esters is 1. The molecule has 3 amide bonds. The van der Waals surface area contributed by atoms with E-state index in [4.69, 9.17) is 9.47 Å². The van der Waals surface area contributed by atoms with Crippen LogP contribution < -0.4 is 19.3 Å². The molecule has 2 bridgehead atoms. The predicted octanol–water partition coefficient (Wildman–Crippen LogP) is 3.60. The number of imide groups is 1. The van der Waals surface area contributed by atoms with Gasteiger partial charge in [-0.25, -0.2) is 4.90 Å². The highest BCUT2D eigenvalue weighted by atomic mass is 16.5. The minimum absolute atomic E-state index is 0.0519. The van der Waals surface area contributed by atoms with Gasteiger partial charge in [-0.2, -0.15) is 0 Å². The van der Waals surface area contributed by atoms with Gasteiger partial charge in [0.05, 0.1) is 30.0 Å². The molecule has 0 aromatic heterocycles. The van der Waals surface area contributed by atoms with Crippen LogP contribution in [0.2, 0.25) is 0 Å². The molecule has 0 unspecified atom stereocenters. The number of benzene rings is 2. The van der Waals surface area contributed by atoms with Crippen molar-refractivity contribution >= 4 is 35.1 Å². The molecule has 6 aliphatic rings. The number of anilines is 2. The van der Waals surface area contributed by atoms with Gasteiger partial charge in [-0.15, -0.1) is 0 Å². The summed E-state index contributed by atoms with van der Waals surface area (Å²) in [7, 11) is 0. The fourth-order valence-electron chi connectivity index (χ4n) is 7.10. The summed E-state index contributed by atoms with van der Waals surface area (Å²) in [5.41, 5.74) is 1.12. The SMILES string of the molecule is CCOc1ccc(N2C[C@@H](C(=O)Oc3cccc(N4C(=O)[C@H]5[C@@H]6C=C[C@H]([C@@H]7C[C@H]67)[C@@H]5C4=O)c3)CC2=O)cc1. The topological polar surface area (TPSA) is 93.2 Å². The number of nitrogens with zero attached hydrogens (tertiary/aromatic N) is 2. The van der Waals surface area contributed by atoms with E-state index in [1.165, 1.54) is 4.90 Å². The zero-order valence-electron chi connectivity index (χ0n) is 21.0. The maximum Gasteiger partial charge on any atom is 0.316 e. The van der Waals surface area contributed by atoms with Gasteiger partial charge >= 0.3 is 5.97 Å². The molecule has 8 heteroatoms. The third kappa shape index (κ3) is 3.50. The van der Waals surface area contributed by atoms with E-state index in [0.29, 0.717) is 35.6 Å². The summed E-state index contributed by atoms with van der Waals surface area (Å²) < 4.78 is 11.1. The van der Waals surface area contributed by atoms with Crippen molar-refractivity contribution < 1.29 is 28.7 Å². The summed E-state index contributed by atoms with van der Waals surface area (Å²) in [6.45, 7) is 2.67. The van der Waals surface area contributed by atoms with Crippen LogP contribution in [-0.2, 0) is 19.2 Å². The first-order valence-corrected chi connectivity index (χ1v) is 13.4. The minimum Gasteiger partial charge on any atom is -0.494 e. The van der Waals surface area contributed by atoms with Crippen LogP contribution in [0.5, 0.6) is 11.5 Å². The lowest BCUT2D eigenvalue weighted by atomic mass is 9.63. The highest BCUT2D eigenvalue weighted by Gasteiger charge is 2.67. The Morgan fingerprint density at radius 3 is 2.24 bits per heavy atom. The van der Waals surface area contributed by atoms with Crippen molar-refractivity contribution in [2.24, 2.45) is 41.4 Å². The van der Waals surface area contributed by atoms with Crippen LogP contribution in [-0.4, -0.2) is 36.8 Å². The van der Waals surface area contributed by atoms with Crippen LogP contribution in [0.1, 0.15) is 19.8 Å². The van der Waals surface area contributed by atoms with Crippen LogP contribution in [0.15, 0.2) is 60.7 Å². The monoisotopic (exact) mass is 512 g/mol. The molecule has 2 saturated carbocycles. The number of carbonyl (C=O) groups excluding carboxylic acids is 4. The molecule has 0 radical (unpaired) electrons. The van der Waals surface area contributed by atoms with E-state index in [1.54, 1.807) is 53.4 Å². The zero-order chi connectivity index (χ0) is 26.1. The van der Waals surface area contributed by atoms with Crippen LogP contribution in [0.3, 0.4) is 0 Å². The molecular weight excluding hydrogens is 484 g/mol. The molecule has 2 aliphatic heterocycles. The van der Waals surface area contributed by atoms with E-state index in [-0.39, 0.29) is 60.1 Å². The molecule has 7 atom stereocenters. The van der Waals surface area contributed by atoms with Gasteiger partial charge in [-0.3, -0.25) is 19.2 Å². The minimum atomic E-state index is -0.621. The lowest BCUT2D eigenvalue weighted by Gasteiger charge is -2.37. The van der Waals surface area contributed by atoms with E-state index in [2.05, 4.69) is 12.2 Å². The lowest BCUT2D eigenvalue weighted by Crippen LogP contribution is -2.40. The van der Waals surface area contributed by atoms with Crippen LogP contribution >= 0.6 is 0 Å². The number of allylic oxidation sites excluding steroid dienone is 2. The Labute approximate surface area is 220 Å². The molecular formula is C30H28N2O6. The number of ether oxygens (including phenoxy) is 2.